The zero-order valence-electron chi connectivity index (χ0n) is 13.5. The second-order valence-corrected chi connectivity index (χ2v) is 4.90. The molecule has 0 aliphatic rings. The Morgan fingerprint density at radius 3 is 2.46 bits per heavy atom. The minimum atomic E-state index is -0.391. The molecule has 0 saturated heterocycles. The Hall–Kier alpha value is -2.93. The molecule has 1 aromatic heterocycles. The number of pyridine rings is 1. The fraction of sp³-hybridized carbons (Fsp3) is 0.235. The van der Waals surface area contributed by atoms with Gasteiger partial charge >= 0.3 is 5.97 Å². The molecule has 1 heterocycles. The summed E-state index contributed by atoms with van der Waals surface area (Å²) in [5.41, 5.74) is 2.34. The lowest BCUT2D eigenvalue weighted by atomic mass is 10.2. The summed E-state index contributed by atoms with van der Waals surface area (Å²) in [4.78, 5) is 27.5. The predicted molar refractivity (Wildman–Crippen MR) is 89.5 cm³/mol. The molecule has 0 spiro atoms. The lowest BCUT2D eigenvalue weighted by molar-refractivity contribution is 0.0600. The SMILES string of the molecule is COCCNC(=O)c1cncc(Nc2ccc(C(=O)OC)cc2)c1. The van der Waals surface area contributed by atoms with Gasteiger partial charge in [0.1, 0.15) is 0 Å². The Kier molecular flexibility index (Phi) is 6.27. The summed E-state index contributed by atoms with van der Waals surface area (Å²) in [6.45, 7) is 0.881. The van der Waals surface area contributed by atoms with Gasteiger partial charge in [-0.25, -0.2) is 4.79 Å². The van der Waals surface area contributed by atoms with Crippen LogP contribution in [0.4, 0.5) is 11.4 Å². The van der Waals surface area contributed by atoms with Crippen LogP contribution in [0.5, 0.6) is 0 Å². The molecule has 0 unspecified atom stereocenters. The molecule has 1 aromatic carbocycles. The molecule has 24 heavy (non-hydrogen) atoms. The van der Waals surface area contributed by atoms with Crippen molar-refractivity contribution in [3.63, 3.8) is 0 Å². The fourth-order valence-corrected chi connectivity index (χ4v) is 1.98. The molecule has 2 aromatic rings. The first-order valence-electron chi connectivity index (χ1n) is 7.31. The van der Waals surface area contributed by atoms with E-state index in [2.05, 4.69) is 20.4 Å². The molecule has 7 heteroatoms. The number of nitrogens with zero attached hydrogens (tertiary/aromatic N) is 1. The number of carbonyl (C=O) groups excluding carboxylic acids is 2. The molecule has 0 saturated carbocycles. The topological polar surface area (TPSA) is 89.5 Å². The highest BCUT2D eigenvalue weighted by atomic mass is 16.5. The number of benzene rings is 1. The molecule has 2 N–H and O–H groups in total. The Bertz CT molecular complexity index is 701. The average molecular weight is 329 g/mol. The van der Waals surface area contributed by atoms with Crippen LogP contribution in [0.2, 0.25) is 0 Å². The average Bonchev–Trinajstić information content (AvgIpc) is 2.62. The molecule has 7 nitrogen and oxygen atoms in total. The molecule has 0 aliphatic carbocycles. The lowest BCUT2D eigenvalue weighted by Gasteiger charge is -2.09. The van der Waals surface area contributed by atoms with Gasteiger partial charge in [-0.3, -0.25) is 9.78 Å². The van der Waals surface area contributed by atoms with Crippen molar-refractivity contribution in [2.24, 2.45) is 0 Å². The van der Waals surface area contributed by atoms with Gasteiger partial charge in [0.15, 0.2) is 0 Å². The van der Waals surface area contributed by atoms with Gasteiger partial charge in [0.2, 0.25) is 0 Å². The quantitative estimate of drug-likeness (QED) is 0.596. The summed E-state index contributed by atoms with van der Waals surface area (Å²) in [5.74, 6) is -0.609. The largest absolute Gasteiger partial charge is 0.465 e. The molecule has 2 rings (SSSR count). The minimum absolute atomic E-state index is 0.218. The summed E-state index contributed by atoms with van der Waals surface area (Å²) < 4.78 is 9.54. The van der Waals surface area contributed by atoms with Gasteiger partial charge in [0.25, 0.3) is 5.91 Å². The van der Waals surface area contributed by atoms with Crippen LogP contribution in [0.25, 0.3) is 0 Å². The number of ether oxygens (including phenoxy) is 2. The molecule has 0 atom stereocenters. The third kappa shape index (κ3) is 4.79. The number of anilines is 2. The van der Waals surface area contributed by atoms with E-state index >= 15 is 0 Å². The molecule has 1 amide bonds. The molecule has 126 valence electrons. The summed E-state index contributed by atoms with van der Waals surface area (Å²) in [6, 6.07) is 8.50. The number of carbonyl (C=O) groups is 2. The van der Waals surface area contributed by atoms with Crippen molar-refractivity contribution < 1.29 is 19.1 Å². The molecule has 0 fully saturated rings. The maximum Gasteiger partial charge on any atom is 0.337 e. The summed E-state index contributed by atoms with van der Waals surface area (Å²) >= 11 is 0. The number of hydrogen-bond acceptors (Lipinski definition) is 6. The third-order valence-corrected chi connectivity index (χ3v) is 3.19. The Balaban J connectivity index is 2.03. The first kappa shape index (κ1) is 17.4. The summed E-state index contributed by atoms with van der Waals surface area (Å²) in [5, 5.41) is 5.87. The van der Waals surface area contributed by atoms with E-state index in [0.29, 0.717) is 30.0 Å². The van der Waals surface area contributed by atoms with Gasteiger partial charge in [-0.2, -0.15) is 0 Å². The summed E-state index contributed by atoms with van der Waals surface area (Å²) in [7, 11) is 2.91. The van der Waals surface area contributed by atoms with E-state index in [1.165, 1.54) is 13.3 Å². The van der Waals surface area contributed by atoms with Gasteiger partial charge in [-0.05, 0) is 30.3 Å². The first-order valence-corrected chi connectivity index (χ1v) is 7.31. The van der Waals surface area contributed by atoms with Gasteiger partial charge in [-0.15, -0.1) is 0 Å². The van der Waals surface area contributed by atoms with Crippen molar-refractivity contribution in [1.29, 1.82) is 0 Å². The number of esters is 1. The molecular weight excluding hydrogens is 310 g/mol. The first-order chi connectivity index (χ1) is 11.6. The van der Waals surface area contributed by atoms with Crippen LogP contribution in [0, 0.1) is 0 Å². The highest BCUT2D eigenvalue weighted by molar-refractivity contribution is 5.95. The van der Waals surface area contributed by atoms with Crippen LogP contribution >= 0.6 is 0 Å². The van der Waals surface area contributed by atoms with Crippen LogP contribution in [0.15, 0.2) is 42.7 Å². The second-order valence-electron chi connectivity index (χ2n) is 4.90. The molecule has 0 aliphatic heterocycles. The standard InChI is InChI=1S/C17H19N3O4/c1-23-8-7-19-16(21)13-9-15(11-18-10-13)20-14-5-3-12(4-6-14)17(22)24-2/h3-6,9-11,20H,7-8H2,1-2H3,(H,19,21). The van der Waals surface area contributed by atoms with Crippen LogP contribution in [0.1, 0.15) is 20.7 Å². The maximum atomic E-state index is 12.0. The second kappa shape index (κ2) is 8.64. The lowest BCUT2D eigenvalue weighted by Crippen LogP contribution is -2.27. The van der Waals surface area contributed by atoms with Crippen molar-refractivity contribution in [1.82, 2.24) is 10.3 Å². The van der Waals surface area contributed by atoms with E-state index in [1.807, 2.05) is 0 Å². The maximum absolute atomic E-state index is 12.0. The zero-order chi connectivity index (χ0) is 17.4. The van der Waals surface area contributed by atoms with Gasteiger partial charge in [-0.1, -0.05) is 0 Å². The van der Waals surface area contributed by atoms with Crippen molar-refractivity contribution >= 4 is 23.3 Å². The Morgan fingerprint density at radius 1 is 1.04 bits per heavy atom. The highest BCUT2D eigenvalue weighted by Gasteiger charge is 2.07. The highest BCUT2D eigenvalue weighted by Crippen LogP contribution is 2.17. The number of rotatable bonds is 7. The van der Waals surface area contributed by atoms with Crippen LogP contribution < -0.4 is 10.6 Å². The van der Waals surface area contributed by atoms with E-state index in [4.69, 9.17) is 4.74 Å². The Morgan fingerprint density at radius 2 is 1.79 bits per heavy atom. The van der Waals surface area contributed by atoms with E-state index < -0.39 is 5.97 Å². The van der Waals surface area contributed by atoms with Gasteiger partial charge in [0, 0.05) is 25.5 Å². The fourth-order valence-electron chi connectivity index (χ4n) is 1.98. The van der Waals surface area contributed by atoms with E-state index in [0.717, 1.165) is 5.69 Å². The van der Waals surface area contributed by atoms with E-state index in [1.54, 1.807) is 43.6 Å². The predicted octanol–water partition coefficient (Wildman–Crippen LogP) is 1.99. The van der Waals surface area contributed by atoms with E-state index in [9.17, 15) is 9.59 Å². The van der Waals surface area contributed by atoms with Crippen molar-refractivity contribution in [2.45, 2.75) is 0 Å². The van der Waals surface area contributed by atoms with E-state index in [-0.39, 0.29) is 5.91 Å². The smallest absolute Gasteiger partial charge is 0.337 e. The van der Waals surface area contributed by atoms with Gasteiger partial charge < -0.3 is 20.1 Å². The third-order valence-electron chi connectivity index (χ3n) is 3.19. The van der Waals surface area contributed by atoms with Gasteiger partial charge in [0.05, 0.1) is 36.7 Å². The molecule has 0 radical (unpaired) electrons. The van der Waals surface area contributed by atoms with Crippen molar-refractivity contribution in [3.8, 4) is 0 Å². The number of aromatic nitrogens is 1. The van der Waals surface area contributed by atoms with Crippen LogP contribution in [0.3, 0.4) is 0 Å². The molecular formula is C17H19N3O4. The number of hydrogen-bond donors (Lipinski definition) is 2. The molecule has 0 bridgehead atoms. The number of amides is 1. The Labute approximate surface area is 140 Å². The van der Waals surface area contributed by atoms with Crippen molar-refractivity contribution in [3.05, 3.63) is 53.9 Å². The minimum Gasteiger partial charge on any atom is -0.465 e. The number of methoxy groups -OCH3 is 2. The van der Waals surface area contributed by atoms with Crippen LogP contribution in [-0.4, -0.2) is 44.2 Å². The normalized spacial score (nSPS) is 10.1. The van der Waals surface area contributed by atoms with Crippen molar-refractivity contribution in [2.75, 3.05) is 32.7 Å². The zero-order valence-corrected chi connectivity index (χ0v) is 13.5. The monoisotopic (exact) mass is 329 g/mol. The van der Waals surface area contributed by atoms with Crippen LogP contribution in [-0.2, 0) is 9.47 Å². The summed E-state index contributed by atoms with van der Waals surface area (Å²) in [6.07, 6.45) is 3.10. The number of nitrogens with one attached hydrogen (secondary N) is 2.